The standard InChI is InChI=1S/C29H51N5O15/c1-14(2)21(38)22(39)23(40)24(41)25(42)28(45)30-10-8-7-9-16(29(46)47-5)33-27(44)18(13-49-48-6)34-26(43)17(11-20(36)37)32-19(35)12-31-15(3)4/h14-18,22-25,31,39-42H,7-13H2,1-6H3,(H,30,45)(H,32,35)(H,33,44)(H,34,43)(H,36,37)/t16?,17-,18?,22?,23?,24?,25?/m0/s1. The largest absolute Gasteiger partial charge is 0.481 e. The molecule has 0 heterocycles. The van der Waals surface area contributed by atoms with Gasteiger partial charge in [-0.15, -0.1) is 0 Å². The number of aliphatic carboxylic acids is 1. The Bertz CT molecular complexity index is 1110. The number of hydrogen-bond donors (Lipinski definition) is 10. The first kappa shape index (κ1) is 45.2. The van der Waals surface area contributed by atoms with Gasteiger partial charge in [0.15, 0.2) is 11.9 Å². The van der Waals surface area contributed by atoms with Crippen LogP contribution in [0.2, 0.25) is 0 Å². The van der Waals surface area contributed by atoms with Crippen molar-refractivity contribution in [2.75, 3.05) is 33.9 Å². The summed E-state index contributed by atoms with van der Waals surface area (Å²) in [6.45, 7) is 5.56. The van der Waals surface area contributed by atoms with E-state index in [0.717, 1.165) is 14.2 Å². The Labute approximate surface area is 283 Å². The van der Waals surface area contributed by atoms with Gasteiger partial charge in [0.25, 0.3) is 5.91 Å². The number of carboxylic acid groups (broad SMARTS) is 1. The van der Waals surface area contributed by atoms with Gasteiger partial charge in [0.05, 0.1) is 27.2 Å². The van der Waals surface area contributed by atoms with E-state index in [1.807, 2.05) is 0 Å². The topological polar surface area (TPSA) is 308 Å². The van der Waals surface area contributed by atoms with Gasteiger partial charge in [-0.1, -0.05) is 27.7 Å². The molecule has 0 radical (unpaired) electrons. The number of hydrogen-bond acceptors (Lipinski definition) is 15. The van der Waals surface area contributed by atoms with Gasteiger partial charge >= 0.3 is 11.9 Å². The van der Waals surface area contributed by atoms with Gasteiger partial charge in [0.2, 0.25) is 17.7 Å². The van der Waals surface area contributed by atoms with E-state index >= 15 is 0 Å². The molecular formula is C29H51N5O15. The maximum atomic E-state index is 13.1. The van der Waals surface area contributed by atoms with Crippen LogP contribution in [0.15, 0.2) is 0 Å². The number of aliphatic hydroxyl groups is 4. The molecule has 0 saturated heterocycles. The van der Waals surface area contributed by atoms with Crippen molar-refractivity contribution in [1.29, 1.82) is 0 Å². The summed E-state index contributed by atoms with van der Waals surface area (Å²) in [6, 6.07) is -4.44. The van der Waals surface area contributed by atoms with Crippen molar-refractivity contribution in [3.63, 3.8) is 0 Å². The van der Waals surface area contributed by atoms with E-state index < -0.39 is 103 Å². The highest BCUT2D eigenvalue weighted by molar-refractivity contribution is 5.95. The first-order valence-corrected chi connectivity index (χ1v) is 15.5. The van der Waals surface area contributed by atoms with E-state index in [4.69, 9.17) is 9.62 Å². The molecule has 7 atom stereocenters. The molecule has 282 valence electrons. The van der Waals surface area contributed by atoms with Gasteiger partial charge in [0.1, 0.15) is 43.0 Å². The van der Waals surface area contributed by atoms with Crippen LogP contribution in [0, 0.1) is 5.92 Å². The van der Waals surface area contributed by atoms with Crippen LogP contribution in [0.25, 0.3) is 0 Å². The second-order valence-electron chi connectivity index (χ2n) is 11.6. The number of methoxy groups -OCH3 is 1. The third-order valence-electron chi connectivity index (χ3n) is 6.83. The zero-order chi connectivity index (χ0) is 37.8. The maximum absolute atomic E-state index is 13.1. The molecule has 0 aromatic carbocycles. The highest BCUT2D eigenvalue weighted by Gasteiger charge is 2.38. The number of carbonyl (C=O) groups excluding carboxylic acids is 6. The van der Waals surface area contributed by atoms with Crippen molar-refractivity contribution in [3.8, 4) is 0 Å². The number of nitrogens with one attached hydrogen (secondary N) is 5. The number of amides is 4. The fourth-order valence-electron chi connectivity index (χ4n) is 4.01. The van der Waals surface area contributed by atoms with Gasteiger partial charge < -0.3 is 56.9 Å². The minimum atomic E-state index is -2.19. The van der Waals surface area contributed by atoms with Gasteiger partial charge in [-0.25, -0.2) is 14.6 Å². The number of unbranched alkanes of at least 4 members (excludes halogenated alkanes) is 1. The number of carboxylic acids is 1. The Kier molecular flexibility index (Phi) is 21.7. The summed E-state index contributed by atoms with van der Waals surface area (Å²) >= 11 is 0. The zero-order valence-corrected chi connectivity index (χ0v) is 28.5. The molecule has 20 heteroatoms. The van der Waals surface area contributed by atoms with Crippen molar-refractivity contribution in [2.45, 2.75) is 102 Å². The lowest BCUT2D eigenvalue weighted by molar-refractivity contribution is -0.274. The third-order valence-corrected chi connectivity index (χ3v) is 6.83. The van der Waals surface area contributed by atoms with Crippen molar-refractivity contribution in [2.24, 2.45) is 5.92 Å². The molecule has 0 spiro atoms. The molecule has 20 nitrogen and oxygen atoms in total. The molecule has 0 bridgehead atoms. The Morgan fingerprint density at radius 3 is 1.82 bits per heavy atom. The fourth-order valence-corrected chi connectivity index (χ4v) is 4.01. The zero-order valence-electron chi connectivity index (χ0n) is 28.5. The van der Waals surface area contributed by atoms with Crippen LogP contribution in [0.5, 0.6) is 0 Å². The molecule has 0 fully saturated rings. The Hall–Kier alpha value is -3.79. The normalized spacial score (nSPS) is 15.6. The predicted molar refractivity (Wildman–Crippen MR) is 167 cm³/mol. The number of carbonyl (C=O) groups is 7. The number of aliphatic hydroxyl groups excluding tert-OH is 4. The highest BCUT2D eigenvalue weighted by atomic mass is 17.2. The molecule has 0 aromatic rings. The minimum Gasteiger partial charge on any atom is -0.481 e. The molecule has 0 rings (SSSR count). The average Bonchev–Trinajstić information content (AvgIpc) is 3.05. The Morgan fingerprint density at radius 1 is 0.714 bits per heavy atom. The Balaban J connectivity index is 5.32. The molecule has 0 aliphatic carbocycles. The Morgan fingerprint density at radius 2 is 1.29 bits per heavy atom. The van der Waals surface area contributed by atoms with Crippen LogP contribution in [0.3, 0.4) is 0 Å². The lowest BCUT2D eigenvalue weighted by atomic mass is 9.94. The number of ether oxygens (including phenoxy) is 1. The predicted octanol–water partition coefficient (Wildman–Crippen LogP) is -4.38. The van der Waals surface area contributed by atoms with Crippen LogP contribution in [-0.4, -0.2) is 149 Å². The minimum absolute atomic E-state index is 0.0476. The first-order chi connectivity index (χ1) is 22.9. The summed E-state index contributed by atoms with van der Waals surface area (Å²) in [4.78, 5) is 95.4. The second-order valence-corrected chi connectivity index (χ2v) is 11.6. The number of rotatable bonds is 25. The molecule has 0 aliphatic heterocycles. The summed E-state index contributed by atoms with van der Waals surface area (Å²) in [5.41, 5.74) is 0. The number of ketones is 1. The third kappa shape index (κ3) is 17.4. The summed E-state index contributed by atoms with van der Waals surface area (Å²) in [5, 5.41) is 61.3. The van der Waals surface area contributed by atoms with Crippen LogP contribution in [0.4, 0.5) is 0 Å². The molecule has 0 aromatic heterocycles. The summed E-state index contributed by atoms with van der Waals surface area (Å²) in [6.07, 6.45) is -9.03. The van der Waals surface area contributed by atoms with Crippen LogP contribution < -0.4 is 26.6 Å². The fraction of sp³-hybridized carbons (Fsp3) is 0.759. The van der Waals surface area contributed by atoms with E-state index in [-0.39, 0.29) is 38.4 Å². The van der Waals surface area contributed by atoms with Gasteiger partial charge in [-0.2, -0.15) is 0 Å². The molecular weight excluding hydrogens is 658 g/mol. The van der Waals surface area contributed by atoms with E-state index in [1.54, 1.807) is 13.8 Å². The van der Waals surface area contributed by atoms with E-state index in [9.17, 15) is 59.1 Å². The molecule has 4 amide bonds. The first-order valence-electron chi connectivity index (χ1n) is 15.5. The van der Waals surface area contributed by atoms with Crippen molar-refractivity contribution < 1.29 is 73.6 Å². The van der Waals surface area contributed by atoms with Crippen LogP contribution >= 0.6 is 0 Å². The van der Waals surface area contributed by atoms with E-state index in [1.165, 1.54) is 13.8 Å². The van der Waals surface area contributed by atoms with E-state index in [0.29, 0.717) is 0 Å². The number of Topliss-reactive ketones (excluding diaryl/α,β-unsaturated/α-hetero) is 1. The molecule has 0 saturated carbocycles. The summed E-state index contributed by atoms with van der Waals surface area (Å²) < 4.78 is 4.73. The quantitative estimate of drug-likeness (QED) is 0.0185. The van der Waals surface area contributed by atoms with Crippen molar-refractivity contribution >= 4 is 41.4 Å². The SMILES string of the molecule is COOCC(NC(=O)[C@H](CC(=O)O)NC(=O)CNC(C)C)C(=O)NC(CCCCNC(=O)C(O)C(O)C(O)C(O)C(=O)C(C)C)C(=O)OC. The lowest BCUT2D eigenvalue weighted by Gasteiger charge is -2.26. The van der Waals surface area contributed by atoms with Gasteiger partial charge in [-0.3, -0.25) is 28.8 Å². The molecule has 0 aliphatic rings. The van der Waals surface area contributed by atoms with Crippen molar-refractivity contribution in [3.05, 3.63) is 0 Å². The van der Waals surface area contributed by atoms with Crippen LogP contribution in [0.1, 0.15) is 53.4 Å². The summed E-state index contributed by atoms with van der Waals surface area (Å²) in [7, 11) is 2.19. The molecule has 49 heavy (non-hydrogen) atoms. The highest BCUT2D eigenvalue weighted by Crippen LogP contribution is 2.11. The van der Waals surface area contributed by atoms with Gasteiger partial charge in [0, 0.05) is 18.5 Å². The average molecular weight is 710 g/mol. The maximum Gasteiger partial charge on any atom is 0.328 e. The smallest absolute Gasteiger partial charge is 0.328 e. The van der Waals surface area contributed by atoms with E-state index in [2.05, 4.69) is 31.5 Å². The van der Waals surface area contributed by atoms with Crippen LogP contribution in [-0.2, 0) is 48.1 Å². The van der Waals surface area contributed by atoms with Crippen molar-refractivity contribution in [1.82, 2.24) is 26.6 Å². The van der Waals surface area contributed by atoms with Gasteiger partial charge in [-0.05, 0) is 19.3 Å². The lowest BCUT2D eigenvalue weighted by Crippen LogP contribution is -2.58. The molecule has 6 unspecified atom stereocenters. The monoisotopic (exact) mass is 709 g/mol. The summed E-state index contributed by atoms with van der Waals surface area (Å²) in [5.74, 6) is -7.54. The molecule has 10 N–H and O–H groups in total. The second kappa shape index (κ2) is 23.5. The number of esters is 1.